The van der Waals surface area contributed by atoms with Crippen LogP contribution in [0.3, 0.4) is 0 Å². The maximum atomic E-state index is 10.5. The van der Waals surface area contributed by atoms with Gasteiger partial charge in [-0.25, -0.2) is 0 Å². The van der Waals surface area contributed by atoms with Gasteiger partial charge in [0.25, 0.3) is 0 Å². The van der Waals surface area contributed by atoms with Gasteiger partial charge in [-0.1, -0.05) is 45.7 Å². The summed E-state index contributed by atoms with van der Waals surface area (Å²) in [5.41, 5.74) is 2.40. The Labute approximate surface area is 130 Å². The molecule has 4 heteroatoms. The van der Waals surface area contributed by atoms with Crippen molar-refractivity contribution in [2.45, 2.75) is 6.10 Å². The zero-order valence-electron chi connectivity index (χ0n) is 10.4. The summed E-state index contributed by atoms with van der Waals surface area (Å²) >= 11 is 9.55. The van der Waals surface area contributed by atoms with E-state index in [1.807, 2.05) is 42.5 Å². The van der Waals surface area contributed by atoms with Gasteiger partial charge in [0.1, 0.15) is 6.10 Å². The minimum Gasteiger partial charge on any atom is -0.384 e. The third-order valence-corrected chi connectivity index (χ3v) is 4.02. The maximum absolute atomic E-state index is 10.5. The summed E-state index contributed by atoms with van der Waals surface area (Å²) in [6.45, 7) is 0. The third kappa shape index (κ3) is 2.57. The summed E-state index contributed by atoms with van der Waals surface area (Å²) < 4.78 is 0.890. The van der Waals surface area contributed by atoms with Crippen LogP contribution in [-0.4, -0.2) is 10.1 Å². The first-order valence-electron chi connectivity index (χ1n) is 6.13. The largest absolute Gasteiger partial charge is 0.384 e. The average molecular weight is 349 g/mol. The van der Waals surface area contributed by atoms with Gasteiger partial charge in [-0.15, -0.1) is 0 Å². The van der Waals surface area contributed by atoms with Crippen molar-refractivity contribution in [3.05, 3.63) is 75.4 Å². The maximum Gasteiger partial charge on any atom is 0.106 e. The van der Waals surface area contributed by atoms with E-state index in [2.05, 4.69) is 20.9 Å². The second kappa shape index (κ2) is 5.52. The molecular weight excluding hydrogens is 338 g/mol. The fourth-order valence-corrected chi connectivity index (χ4v) is 2.94. The Morgan fingerprint density at radius 3 is 2.75 bits per heavy atom. The van der Waals surface area contributed by atoms with Crippen molar-refractivity contribution in [1.82, 2.24) is 4.98 Å². The SMILES string of the molecule is OC(c1ccc2ncccc2c1)c1ccc(Br)cc1Cl. The van der Waals surface area contributed by atoms with E-state index in [0.29, 0.717) is 10.6 Å². The number of fused-ring (bicyclic) bond motifs is 1. The van der Waals surface area contributed by atoms with Crippen LogP contribution in [0.1, 0.15) is 17.2 Å². The molecular formula is C16H11BrClNO. The first kappa shape index (κ1) is 13.6. The van der Waals surface area contributed by atoms with Crippen molar-refractivity contribution < 1.29 is 5.11 Å². The molecule has 100 valence electrons. The van der Waals surface area contributed by atoms with Crippen molar-refractivity contribution in [3.63, 3.8) is 0 Å². The van der Waals surface area contributed by atoms with Crippen LogP contribution in [0.15, 0.2) is 59.2 Å². The van der Waals surface area contributed by atoms with Crippen molar-refractivity contribution in [2.75, 3.05) is 0 Å². The lowest BCUT2D eigenvalue weighted by atomic mass is 10.00. The van der Waals surface area contributed by atoms with Gasteiger partial charge >= 0.3 is 0 Å². The van der Waals surface area contributed by atoms with E-state index in [1.165, 1.54) is 0 Å². The van der Waals surface area contributed by atoms with Crippen LogP contribution in [-0.2, 0) is 0 Å². The highest BCUT2D eigenvalue weighted by Gasteiger charge is 2.14. The molecule has 1 atom stereocenters. The Bertz CT molecular complexity index is 775. The van der Waals surface area contributed by atoms with Gasteiger partial charge in [0.05, 0.1) is 5.52 Å². The quantitative estimate of drug-likeness (QED) is 0.726. The molecule has 2 nitrogen and oxygen atoms in total. The van der Waals surface area contributed by atoms with E-state index in [0.717, 1.165) is 20.9 Å². The zero-order chi connectivity index (χ0) is 14.1. The predicted octanol–water partition coefficient (Wildman–Crippen LogP) is 4.73. The van der Waals surface area contributed by atoms with E-state index in [9.17, 15) is 5.11 Å². The van der Waals surface area contributed by atoms with Crippen LogP contribution < -0.4 is 0 Å². The minimum absolute atomic E-state index is 0.540. The van der Waals surface area contributed by atoms with Crippen molar-refractivity contribution in [2.24, 2.45) is 0 Å². The van der Waals surface area contributed by atoms with Gasteiger partial charge in [0.2, 0.25) is 0 Å². The van der Waals surface area contributed by atoms with Gasteiger partial charge in [0, 0.05) is 26.6 Å². The molecule has 0 spiro atoms. The molecule has 0 aliphatic rings. The van der Waals surface area contributed by atoms with E-state index < -0.39 is 6.10 Å². The average Bonchev–Trinajstić information content (AvgIpc) is 2.46. The van der Waals surface area contributed by atoms with Gasteiger partial charge in [-0.3, -0.25) is 4.98 Å². The molecule has 0 radical (unpaired) electrons. The fourth-order valence-electron chi connectivity index (χ4n) is 2.17. The molecule has 0 fully saturated rings. The third-order valence-electron chi connectivity index (χ3n) is 3.20. The van der Waals surface area contributed by atoms with Crippen LogP contribution in [0.5, 0.6) is 0 Å². The Morgan fingerprint density at radius 2 is 1.95 bits per heavy atom. The van der Waals surface area contributed by atoms with Crippen LogP contribution in [0, 0.1) is 0 Å². The number of hydrogen-bond donors (Lipinski definition) is 1. The normalized spacial score (nSPS) is 12.6. The number of rotatable bonds is 2. The predicted molar refractivity (Wildman–Crippen MR) is 85.0 cm³/mol. The summed E-state index contributed by atoms with van der Waals surface area (Å²) in [7, 11) is 0. The first-order chi connectivity index (χ1) is 9.65. The Kier molecular flexibility index (Phi) is 3.74. The highest BCUT2D eigenvalue weighted by atomic mass is 79.9. The molecule has 0 aliphatic carbocycles. The summed E-state index contributed by atoms with van der Waals surface area (Å²) in [5.74, 6) is 0. The molecule has 2 aromatic carbocycles. The van der Waals surface area contributed by atoms with Gasteiger partial charge < -0.3 is 5.11 Å². The van der Waals surface area contributed by atoms with Crippen LogP contribution in [0.25, 0.3) is 10.9 Å². The lowest BCUT2D eigenvalue weighted by molar-refractivity contribution is 0.220. The van der Waals surface area contributed by atoms with Gasteiger partial charge in [-0.2, -0.15) is 0 Å². The first-order valence-corrected chi connectivity index (χ1v) is 7.30. The molecule has 1 N–H and O–H groups in total. The summed E-state index contributed by atoms with van der Waals surface area (Å²) in [6.07, 6.45) is 1.00. The summed E-state index contributed by atoms with van der Waals surface area (Å²) in [4.78, 5) is 4.27. The summed E-state index contributed by atoms with van der Waals surface area (Å²) in [5, 5.41) is 12.0. The van der Waals surface area contributed by atoms with Crippen LogP contribution in [0.2, 0.25) is 5.02 Å². The number of pyridine rings is 1. The topological polar surface area (TPSA) is 33.1 Å². The fraction of sp³-hybridized carbons (Fsp3) is 0.0625. The molecule has 1 heterocycles. The molecule has 0 amide bonds. The molecule has 1 aromatic heterocycles. The van der Waals surface area contributed by atoms with Crippen molar-refractivity contribution >= 4 is 38.4 Å². The summed E-state index contributed by atoms with van der Waals surface area (Å²) in [6, 6.07) is 15.0. The van der Waals surface area contributed by atoms with Gasteiger partial charge in [0.15, 0.2) is 0 Å². The smallest absolute Gasteiger partial charge is 0.106 e. The number of benzene rings is 2. The lowest BCUT2D eigenvalue weighted by Crippen LogP contribution is -2.00. The minimum atomic E-state index is -0.750. The van der Waals surface area contributed by atoms with Crippen molar-refractivity contribution in [3.8, 4) is 0 Å². The van der Waals surface area contributed by atoms with E-state index in [4.69, 9.17) is 11.6 Å². The molecule has 0 aliphatic heterocycles. The molecule has 20 heavy (non-hydrogen) atoms. The van der Waals surface area contributed by atoms with Crippen molar-refractivity contribution in [1.29, 1.82) is 0 Å². The highest BCUT2D eigenvalue weighted by molar-refractivity contribution is 9.10. The second-order valence-electron chi connectivity index (χ2n) is 4.52. The number of aromatic nitrogens is 1. The second-order valence-corrected chi connectivity index (χ2v) is 5.85. The standard InChI is InChI=1S/C16H11BrClNO/c17-12-4-5-13(14(18)9-12)16(20)11-3-6-15-10(8-11)2-1-7-19-15/h1-9,16,20H. The Balaban J connectivity index is 2.05. The molecule has 1 unspecified atom stereocenters. The van der Waals surface area contributed by atoms with E-state index >= 15 is 0 Å². The van der Waals surface area contributed by atoms with E-state index in [-0.39, 0.29) is 0 Å². The number of halogens is 2. The van der Waals surface area contributed by atoms with Gasteiger partial charge in [-0.05, 0) is 35.9 Å². The molecule has 0 saturated carbocycles. The number of aliphatic hydroxyl groups is 1. The zero-order valence-corrected chi connectivity index (χ0v) is 12.8. The van der Waals surface area contributed by atoms with Crippen LogP contribution >= 0.6 is 27.5 Å². The molecule has 3 rings (SSSR count). The molecule has 3 aromatic rings. The number of nitrogens with zero attached hydrogens (tertiary/aromatic N) is 1. The van der Waals surface area contributed by atoms with E-state index in [1.54, 1.807) is 12.3 Å². The molecule has 0 saturated heterocycles. The number of hydrogen-bond acceptors (Lipinski definition) is 2. The van der Waals surface area contributed by atoms with Crippen LogP contribution in [0.4, 0.5) is 0 Å². The Hall–Kier alpha value is -1.42. The molecule has 0 bridgehead atoms. The highest BCUT2D eigenvalue weighted by Crippen LogP contribution is 2.31. The Morgan fingerprint density at radius 1 is 1.10 bits per heavy atom. The number of aliphatic hydroxyl groups excluding tert-OH is 1. The lowest BCUT2D eigenvalue weighted by Gasteiger charge is -2.14. The monoisotopic (exact) mass is 347 g/mol.